The Bertz CT molecular complexity index is 711. The van der Waals surface area contributed by atoms with Gasteiger partial charge in [0.1, 0.15) is 6.10 Å². The Morgan fingerprint density at radius 2 is 2.00 bits per heavy atom. The number of non-ortho nitro benzene ring substituents is 1. The van der Waals surface area contributed by atoms with E-state index in [4.69, 9.17) is 18.9 Å². The average Bonchev–Trinajstić information content (AvgIpc) is 2.94. The lowest BCUT2D eigenvalue weighted by Gasteiger charge is -2.27. The second-order valence-electron chi connectivity index (χ2n) is 5.17. The van der Waals surface area contributed by atoms with Crippen LogP contribution in [-0.2, 0) is 23.7 Å². The van der Waals surface area contributed by atoms with E-state index in [2.05, 4.69) is 0 Å². The summed E-state index contributed by atoms with van der Waals surface area (Å²) in [6.45, 7) is 1.48. The number of fused-ring (bicyclic) bond motifs is 2. The molecular formula is C15H13NO8. The molecule has 0 radical (unpaired) electrons. The van der Waals surface area contributed by atoms with Crippen molar-refractivity contribution in [2.75, 3.05) is 6.61 Å². The zero-order valence-corrected chi connectivity index (χ0v) is 12.5. The SMILES string of the molecule is CC(=O)O[C@@H]1C(OC(=O)c2ccc([N+](=O)[O-])cc2)=C[C@H]2CO[C@@H]1O2. The van der Waals surface area contributed by atoms with Crippen LogP contribution in [0.3, 0.4) is 0 Å². The molecule has 0 spiro atoms. The molecule has 1 aromatic rings. The highest BCUT2D eigenvalue weighted by Crippen LogP contribution is 2.30. The normalized spacial score (nSPS) is 24.9. The van der Waals surface area contributed by atoms with Gasteiger partial charge in [0.2, 0.25) is 12.4 Å². The van der Waals surface area contributed by atoms with Crippen molar-refractivity contribution in [3.63, 3.8) is 0 Å². The Balaban J connectivity index is 1.76. The van der Waals surface area contributed by atoms with Crippen LogP contribution in [0, 0.1) is 10.1 Å². The van der Waals surface area contributed by atoms with Crippen LogP contribution in [0.1, 0.15) is 17.3 Å². The molecule has 2 aliphatic heterocycles. The van der Waals surface area contributed by atoms with Gasteiger partial charge in [-0.3, -0.25) is 14.9 Å². The lowest BCUT2D eigenvalue weighted by molar-refractivity contribution is -0.384. The van der Waals surface area contributed by atoms with Crippen LogP contribution < -0.4 is 0 Å². The van der Waals surface area contributed by atoms with Crippen molar-refractivity contribution in [3.8, 4) is 0 Å². The number of nitro groups is 1. The van der Waals surface area contributed by atoms with E-state index < -0.39 is 29.3 Å². The van der Waals surface area contributed by atoms with Crippen molar-refractivity contribution in [2.45, 2.75) is 25.4 Å². The molecule has 0 aliphatic carbocycles. The molecule has 3 rings (SSSR count). The first kappa shape index (κ1) is 16.1. The van der Waals surface area contributed by atoms with Crippen LogP contribution in [-0.4, -0.2) is 42.0 Å². The average molecular weight is 335 g/mol. The van der Waals surface area contributed by atoms with Gasteiger partial charge in [-0.2, -0.15) is 0 Å². The minimum atomic E-state index is -0.983. The fourth-order valence-corrected chi connectivity index (χ4v) is 2.37. The molecule has 1 fully saturated rings. The van der Waals surface area contributed by atoms with Crippen molar-refractivity contribution >= 4 is 17.6 Å². The van der Waals surface area contributed by atoms with Crippen LogP contribution in [0.5, 0.6) is 0 Å². The topological polar surface area (TPSA) is 114 Å². The predicted molar refractivity (Wildman–Crippen MR) is 76.8 cm³/mol. The third-order valence-corrected chi connectivity index (χ3v) is 3.43. The molecule has 0 unspecified atom stereocenters. The van der Waals surface area contributed by atoms with Gasteiger partial charge in [0.25, 0.3) is 5.69 Å². The summed E-state index contributed by atoms with van der Waals surface area (Å²) in [7, 11) is 0. The molecule has 0 amide bonds. The molecule has 126 valence electrons. The third-order valence-electron chi connectivity index (χ3n) is 3.43. The van der Waals surface area contributed by atoms with E-state index >= 15 is 0 Å². The fourth-order valence-electron chi connectivity index (χ4n) is 2.37. The minimum absolute atomic E-state index is 0.118. The first-order valence-corrected chi connectivity index (χ1v) is 7.06. The Morgan fingerprint density at radius 3 is 2.62 bits per heavy atom. The van der Waals surface area contributed by atoms with E-state index in [0.29, 0.717) is 0 Å². The van der Waals surface area contributed by atoms with Crippen LogP contribution in [0.15, 0.2) is 36.1 Å². The molecule has 0 N–H and O–H groups in total. The van der Waals surface area contributed by atoms with Gasteiger partial charge in [0, 0.05) is 19.1 Å². The van der Waals surface area contributed by atoms with Gasteiger partial charge in [-0.25, -0.2) is 4.79 Å². The first-order chi connectivity index (χ1) is 11.4. The Morgan fingerprint density at radius 1 is 1.29 bits per heavy atom. The number of hydrogen-bond donors (Lipinski definition) is 0. The van der Waals surface area contributed by atoms with Crippen LogP contribution in [0.4, 0.5) is 5.69 Å². The second kappa shape index (κ2) is 6.38. The molecule has 2 heterocycles. The van der Waals surface area contributed by atoms with Crippen LogP contribution in [0.25, 0.3) is 0 Å². The smallest absolute Gasteiger partial charge is 0.343 e. The van der Waals surface area contributed by atoms with Gasteiger partial charge in [-0.15, -0.1) is 0 Å². The number of carbonyl (C=O) groups is 2. The molecular weight excluding hydrogens is 322 g/mol. The quantitative estimate of drug-likeness (QED) is 0.460. The summed E-state index contributed by atoms with van der Waals surface area (Å²) in [6.07, 6.45) is -0.686. The van der Waals surface area contributed by atoms with E-state index in [1.54, 1.807) is 0 Å². The maximum absolute atomic E-state index is 12.2. The third kappa shape index (κ3) is 3.26. The summed E-state index contributed by atoms with van der Waals surface area (Å²) >= 11 is 0. The summed E-state index contributed by atoms with van der Waals surface area (Å²) < 4.78 is 21.1. The standard InChI is InChI=1S/C15H13NO8/c1-8(17)22-13-12(6-11-7-21-15(13)23-11)24-14(18)9-2-4-10(5-3-9)16(19)20/h2-6,11,13,15H,7H2,1H3/t11-,13+,15+/m0/s1. The number of rotatable bonds is 4. The summed E-state index contributed by atoms with van der Waals surface area (Å²) in [5, 5.41) is 10.6. The summed E-state index contributed by atoms with van der Waals surface area (Å²) in [4.78, 5) is 33.5. The van der Waals surface area contributed by atoms with Crippen molar-refractivity contribution in [3.05, 3.63) is 51.8 Å². The van der Waals surface area contributed by atoms with Crippen molar-refractivity contribution in [1.29, 1.82) is 0 Å². The number of hydrogen-bond acceptors (Lipinski definition) is 8. The molecule has 9 heteroatoms. The number of esters is 2. The van der Waals surface area contributed by atoms with Gasteiger partial charge < -0.3 is 18.9 Å². The molecule has 3 atom stereocenters. The molecule has 2 aliphatic rings. The Hall–Kier alpha value is -2.78. The minimum Gasteiger partial charge on any atom is -0.449 e. The zero-order valence-electron chi connectivity index (χ0n) is 12.5. The highest BCUT2D eigenvalue weighted by molar-refractivity contribution is 5.90. The van der Waals surface area contributed by atoms with Crippen LogP contribution in [0.2, 0.25) is 0 Å². The summed E-state index contributed by atoms with van der Waals surface area (Å²) in [5.74, 6) is -1.18. The molecule has 1 saturated heterocycles. The monoisotopic (exact) mass is 335 g/mol. The number of ether oxygens (including phenoxy) is 4. The van der Waals surface area contributed by atoms with Crippen molar-refractivity contribution < 1.29 is 33.5 Å². The van der Waals surface area contributed by atoms with Gasteiger partial charge in [0.15, 0.2) is 5.76 Å². The van der Waals surface area contributed by atoms with Crippen LogP contribution >= 0.6 is 0 Å². The molecule has 1 aromatic carbocycles. The molecule has 24 heavy (non-hydrogen) atoms. The molecule has 0 aromatic heterocycles. The summed E-state index contributed by atoms with van der Waals surface area (Å²) in [6, 6.07) is 4.97. The van der Waals surface area contributed by atoms with Gasteiger partial charge in [-0.05, 0) is 18.2 Å². The van der Waals surface area contributed by atoms with Crippen molar-refractivity contribution in [2.24, 2.45) is 0 Å². The maximum Gasteiger partial charge on any atom is 0.343 e. The van der Waals surface area contributed by atoms with Crippen molar-refractivity contribution in [1.82, 2.24) is 0 Å². The maximum atomic E-state index is 12.2. The van der Waals surface area contributed by atoms with E-state index in [0.717, 1.165) is 0 Å². The Kier molecular flexibility index (Phi) is 4.28. The number of nitrogens with zero attached hydrogens (tertiary/aromatic N) is 1. The Labute approximate surface area is 135 Å². The summed E-state index contributed by atoms with van der Waals surface area (Å²) in [5.41, 5.74) is -0.0103. The number of carbonyl (C=O) groups excluding carboxylic acids is 2. The fraction of sp³-hybridized carbons (Fsp3) is 0.333. The lowest BCUT2D eigenvalue weighted by atomic mass is 10.1. The first-order valence-electron chi connectivity index (χ1n) is 7.06. The predicted octanol–water partition coefficient (Wildman–Crippen LogP) is 1.32. The largest absolute Gasteiger partial charge is 0.449 e. The second-order valence-corrected chi connectivity index (χ2v) is 5.17. The zero-order chi connectivity index (χ0) is 17.3. The lowest BCUT2D eigenvalue weighted by Crippen LogP contribution is -2.38. The van der Waals surface area contributed by atoms with Gasteiger partial charge >= 0.3 is 11.9 Å². The highest BCUT2D eigenvalue weighted by Gasteiger charge is 2.43. The van der Waals surface area contributed by atoms with E-state index in [9.17, 15) is 19.7 Å². The van der Waals surface area contributed by atoms with E-state index in [-0.39, 0.29) is 29.7 Å². The molecule has 0 saturated carbocycles. The number of benzene rings is 1. The molecule has 9 nitrogen and oxygen atoms in total. The highest BCUT2D eigenvalue weighted by atomic mass is 16.7. The van der Waals surface area contributed by atoms with E-state index in [1.807, 2.05) is 0 Å². The van der Waals surface area contributed by atoms with Gasteiger partial charge in [-0.1, -0.05) is 0 Å². The van der Waals surface area contributed by atoms with E-state index in [1.165, 1.54) is 37.3 Å². The molecule has 2 bridgehead atoms. The number of nitro benzene ring substituents is 1. The van der Waals surface area contributed by atoms with Gasteiger partial charge in [0.05, 0.1) is 17.1 Å².